The Balaban J connectivity index is 2.51. The van der Waals surface area contributed by atoms with Crippen LogP contribution in [0.15, 0.2) is 18.2 Å². The van der Waals surface area contributed by atoms with E-state index in [1.54, 1.807) is 13.1 Å². The number of halogens is 4. The molecule has 0 aromatic heterocycles. The second-order valence-corrected chi connectivity index (χ2v) is 3.84. The third kappa shape index (κ3) is 5.44. The molecule has 1 rings (SSSR count). The third-order valence-corrected chi connectivity index (χ3v) is 2.50. The van der Waals surface area contributed by atoms with Gasteiger partial charge < -0.3 is 10.1 Å². The van der Waals surface area contributed by atoms with Gasteiger partial charge in [-0.1, -0.05) is 6.07 Å². The SMILES string of the molecule is CNC(C)c1ccc(OCCOC(F)(F)F)c(F)c1. The normalized spacial score (nSPS) is 13.4. The minimum Gasteiger partial charge on any atom is -0.488 e. The summed E-state index contributed by atoms with van der Waals surface area (Å²) in [7, 11) is 1.74. The Morgan fingerprint density at radius 2 is 1.95 bits per heavy atom. The second-order valence-electron chi connectivity index (χ2n) is 3.84. The molecule has 1 N–H and O–H groups in total. The molecule has 19 heavy (non-hydrogen) atoms. The van der Waals surface area contributed by atoms with E-state index < -0.39 is 18.8 Å². The van der Waals surface area contributed by atoms with Crippen LogP contribution in [-0.2, 0) is 4.74 Å². The molecule has 1 aromatic rings. The maximum absolute atomic E-state index is 13.6. The molecule has 1 aromatic carbocycles. The zero-order valence-corrected chi connectivity index (χ0v) is 10.6. The van der Waals surface area contributed by atoms with Gasteiger partial charge in [-0.15, -0.1) is 13.2 Å². The van der Waals surface area contributed by atoms with Crippen molar-refractivity contribution < 1.29 is 27.0 Å². The van der Waals surface area contributed by atoms with Crippen molar-refractivity contribution in [3.63, 3.8) is 0 Å². The molecule has 0 spiro atoms. The van der Waals surface area contributed by atoms with Crippen molar-refractivity contribution in [1.29, 1.82) is 0 Å². The molecule has 0 aliphatic heterocycles. The number of alkyl halides is 3. The van der Waals surface area contributed by atoms with Crippen LogP contribution in [0.5, 0.6) is 5.75 Å². The van der Waals surface area contributed by atoms with E-state index in [0.717, 1.165) is 5.56 Å². The number of ether oxygens (including phenoxy) is 2. The highest BCUT2D eigenvalue weighted by molar-refractivity contribution is 5.30. The lowest BCUT2D eigenvalue weighted by Crippen LogP contribution is -2.18. The summed E-state index contributed by atoms with van der Waals surface area (Å²) < 4.78 is 57.0. The van der Waals surface area contributed by atoms with Crippen LogP contribution in [0, 0.1) is 5.82 Å². The maximum Gasteiger partial charge on any atom is 0.522 e. The van der Waals surface area contributed by atoms with E-state index in [9.17, 15) is 17.6 Å². The van der Waals surface area contributed by atoms with Crippen LogP contribution >= 0.6 is 0 Å². The summed E-state index contributed by atoms with van der Waals surface area (Å²) in [5.41, 5.74) is 0.721. The highest BCUT2D eigenvalue weighted by Crippen LogP contribution is 2.22. The zero-order valence-electron chi connectivity index (χ0n) is 10.6. The van der Waals surface area contributed by atoms with E-state index >= 15 is 0 Å². The molecular weight excluding hydrogens is 266 g/mol. The largest absolute Gasteiger partial charge is 0.522 e. The van der Waals surface area contributed by atoms with E-state index in [1.165, 1.54) is 12.1 Å². The van der Waals surface area contributed by atoms with Crippen LogP contribution in [0.2, 0.25) is 0 Å². The lowest BCUT2D eigenvalue weighted by Gasteiger charge is -2.13. The van der Waals surface area contributed by atoms with Crippen molar-refractivity contribution in [3.05, 3.63) is 29.6 Å². The van der Waals surface area contributed by atoms with Crippen molar-refractivity contribution >= 4 is 0 Å². The van der Waals surface area contributed by atoms with E-state index in [-0.39, 0.29) is 18.4 Å². The van der Waals surface area contributed by atoms with E-state index in [4.69, 9.17) is 4.74 Å². The summed E-state index contributed by atoms with van der Waals surface area (Å²) >= 11 is 0. The summed E-state index contributed by atoms with van der Waals surface area (Å²) in [5.74, 6) is -0.718. The highest BCUT2D eigenvalue weighted by atomic mass is 19.4. The second kappa shape index (κ2) is 6.72. The Bertz CT molecular complexity index is 409. The molecule has 0 bridgehead atoms. The molecule has 0 amide bonds. The molecule has 7 heteroatoms. The fourth-order valence-electron chi connectivity index (χ4n) is 1.38. The van der Waals surface area contributed by atoms with Crippen LogP contribution < -0.4 is 10.1 Å². The highest BCUT2D eigenvalue weighted by Gasteiger charge is 2.28. The molecule has 0 heterocycles. The van der Waals surface area contributed by atoms with Crippen molar-refractivity contribution in [1.82, 2.24) is 5.32 Å². The molecule has 108 valence electrons. The van der Waals surface area contributed by atoms with Gasteiger partial charge in [-0.2, -0.15) is 0 Å². The number of rotatable bonds is 6. The fourth-order valence-corrected chi connectivity index (χ4v) is 1.38. The van der Waals surface area contributed by atoms with Gasteiger partial charge >= 0.3 is 6.36 Å². The van der Waals surface area contributed by atoms with Gasteiger partial charge in [0.25, 0.3) is 0 Å². The van der Waals surface area contributed by atoms with Gasteiger partial charge in [-0.3, -0.25) is 4.74 Å². The molecule has 1 unspecified atom stereocenters. The Morgan fingerprint density at radius 1 is 1.26 bits per heavy atom. The van der Waals surface area contributed by atoms with Crippen molar-refractivity contribution in [2.45, 2.75) is 19.3 Å². The summed E-state index contributed by atoms with van der Waals surface area (Å²) in [6.07, 6.45) is -4.70. The monoisotopic (exact) mass is 281 g/mol. The van der Waals surface area contributed by atoms with Gasteiger partial charge in [0.2, 0.25) is 0 Å². The average molecular weight is 281 g/mol. The minimum atomic E-state index is -4.70. The lowest BCUT2D eigenvalue weighted by molar-refractivity contribution is -0.325. The summed E-state index contributed by atoms with van der Waals surface area (Å²) in [4.78, 5) is 0. The van der Waals surface area contributed by atoms with Crippen LogP contribution in [0.25, 0.3) is 0 Å². The topological polar surface area (TPSA) is 30.5 Å². The average Bonchev–Trinajstić information content (AvgIpc) is 2.33. The maximum atomic E-state index is 13.6. The Hall–Kier alpha value is -1.34. The summed E-state index contributed by atoms with van der Waals surface area (Å²) in [5, 5.41) is 2.94. The van der Waals surface area contributed by atoms with Crippen molar-refractivity contribution in [2.24, 2.45) is 0 Å². The van der Waals surface area contributed by atoms with E-state index in [1.807, 2.05) is 6.92 Å². The molecule has 3 nitrogen and oxygen atoms in total. The number of hydrogen-bond donors (Lipinski definition) is 1. The number of nitrogens with one attached hydrogen (secondary N) is 1. The molecule has 0 aliphatic rings. The fraction of sp³-hybridized carbons (Fsp3) is 0.500. The van der Waals surface area contributed by atoms with Gasteiger partial charge in [0.1, 0.15) is 6.61 Å². The number of hydrogen-bond acceptors (Lipinski definition) is 3. The van der Waals surface area contributed by atoms with E-state index in [2.05, 4.69) is 10.1 Å². The van der Waals surface area contributed by atoms with Gasteiger partial charge in [-0.05, 0) is 31.7 Å². The standard InChI is InChI=1S/C12H15F4NO2/c1-8(17-2)9-3-4-11(10(13)7-9)18-5-6-19-12(14,15)16/h3-4,7-8,17H,5-6H2,1-2H3. The first-order valence-corrected chi connectivity index (χ1v) is 5.63. The van der Waals surface area contributed by atoms with Crippen LogP contribution in [0.4, 0.5) is 17.6 Å². The van der Waals surface area contributed by atoms with Gasteiger partial charge in [0, 0.05) is 6.04 Å². The van der Waals surface area contributed by atoms with Gasteiger partial charge in [0.05, 0.1) is 6.61 Å². The predicted molar refractivity (Wildman–Crippen MR) is 61.4 cm³/mol. The first-order chi connectivity index (χ1) is 8.83. The van der Waals surface area contributed by atoms with Crippen LogP contribution in [0.1, 0.15) is 18.5 Å². The Kier molecular flexibility index (Phi) is 5.56. The van der Waals surface area contributed by atoms with E-state index in [0.29, 0.717) is 0 Å². The van der Waals surface area contributed by atoms with Gasteiger partial charge in [-0.25, -0.2) is 4.39 Å². The van der Waals surface area contributed by atoms with Crippen molar-refractivity contribution in [2.75, 3.05) is 20.3 Å². The van der Waals surface area contributed by atoms with Crippen LogP contribution in [-0.4, -0.2) is 26.6 Å². The third-order valence-electron chi connectivity index (χ3n) is 2.50. The van der Waals surface area contributed by atoms with Crippen molar-refractivity contribution in [3.8, 4) is 5.75 Å². The first-order valence-electron chi connectivity index (χ1n) is 5.63. The Labute approximate surface area is 108 Å². The van der Waals surface area contributed by atoms with Gasteiger partial charge in [0.15, 0.2) is 11.6 Å². The Morgan fingerprint density at radius 3 is 2.47 bits per heavy atom. The quantitative estimate of drug-likeness (QED) is 0.642. The lowest BCUT2D eigenvalue weighted by atomic mass is 10.1. The molecule has 0 saturated heterocycles. The molecular formula is C12H15F4NO2. The smallest absolute Gasteiger partial charge is 0.488 e. The molecule has 0 saturated carbocycles. The predicted octanol–water partition coefficient (Wildman–Crippen LogP) is 3.02. The zero-order chi connectivity index (χ0) is 14.5. The molecule has 0 aliphatic carbocycles. The molecule has 0 fully saturated rings. The molecule has 0 radical (unpaired) electrons. The van der Waals surface area contributed by atoms with Crippen LogP contribution in [0.3, 0.4) is 0 Å². The summed E-state index contributed by atoms with van der Waals surface area (Å²) in [6.45, 7) is 0.793. The number of benzene rings is 1. The molecule has 1 atom stereocenters. The minimum absolute atomic E-state index is 0.0305. The summed E-state index contributed by atoms with van der Waals surface area (Å²) in [6, 6.07) is 4.27. The first kappa shape index (κ1) is 15.7.